The number of aromatic nitrogens is 1. The maximum atomic E-state index is 15.4. The van der Waals surface area contributed by atoms with Crippen molar-refractivity contribution in [2.24, 2.45) is 0 Å². The number of carbonyl (C=O) groups is 2. The Morgan fingerprint density at radius 3 is 1.24 bits per heavy atom. The van der Waals surface area contributed by atoms with Crippen LogP contribution >= 0.6 is 0 Å². The number of ketones is 2. The second-order valence-corrected chi connectivity index (χ2v) is 21.2. The molecule has 7 aliphatic carbocycles. The van der Waals surface area contributed by atoms with Gasteiger partial charge < -0.3 is 4.40 Å². The number of benzene rings is 10. The molecule has 0 amide bonds. The van der Waals surface area contributed by atoms with Crippen LogP contribution in [-0.2, 0) is 5.41 Å². The first-order valence-corrected chi connectivity index (χ1v) is 24.8. The lowest BCUT2D eigenvalue weighted by Gasteiger charge is -2.30. The van der Waals surface area contributed by atoms with Crippen LogP contribution in [0, 0.1) is 0 Å². The molecule has 10 aromatic carbocycles. The van der Waals surface area contributed by atoms with E-state index in [2.05, 4.69) is 206 Å². The molecule has 0 aliphatic heterocycles. The zero-order chi connectivity index (χ0) is 46.1. The zero-order valence-electron chi connectivity index (χ0n) is 38.5. The summed E-state index contributed by atoms with van der Waals surface area (Å²) in [5.74, 6) is -0.631. The molecular weight excluding hydrogens is 851 g/mol. The predicted molar refractivity (Wildman–Crippen MR) is 282 cm³/mol. The fourth-order valence-electron chi connectivity index (χ4n) is 14.9. The number of hydrogen-bond donors (Lipinski definition) is 0. The van der Waals surface area contributed by atoms with E-state index >= 15 is 9.59 Å². The highest BCUT2D eigenvalue weighted by Crippen LogP contribution is 2.57. The smallest absolute Gasteiger partial charge is 0.175 e. The molecule has 12 aromatic rings. The summed E-state index contributed by atoms with van der Waals surface area (Å²) >= 11 is 0. The molecule has 4 bridgehead atoms. The zero-order valence-corrected chi connectivity index (χ0v) is 38.5. The van der Waals surface area contributed by atoms with Crippen LogP contribution in [0.1, 0.15) is 125 Å². The fourth-order valence-corrected chi connectivity index (χ4v) is 14.9. The van der Waals surface area contributed by atoms with Gasteiger partial charge >= 0.3 is 0 Å². The highest BCUT2D eigenvalue weighted by atomic mass is 16.1. The van der Waals surface area contributed by atoms with Gasteiger partial charge in [-0.2, -0.15) is 0 Å². The minimum Gasteiger partial charge on any atom is -0.308 e. The summed E-state index contributed by atoms with van der Waals surface area (Å²) in [5.41, 5.74) is 23.6. The van der Waals surface area contributed by atoms with Crippen LogP contribution in [0.3, 0.4) is 0 Å². The Balaban J connectivity index is 1.02. The van der Waals surface area contributed by atoms with Crippen LogP contribution in [0.2, 0.25) is 0 Å². The van der Waals surface area contributed by atoms with Crippen molar-refractivity contribution < 1.29 is 9.59 Å². The normalized spacial score (nSPS) is 19.5. The molecular formula is C67H41NO2. The first-order chi connectivity index (χ1) is 34.3. The van der Waals surface area contributed by atoms with E-state index in [1.807, 2.05) is 0 Å². The molecule has 70 heavy (non-hydrogen) atoms. The molecule has 0 saturated carbocycles. The molecule has 2 heterocycles. The Kier molecular flexibility index (Phi) is 6.77. The molecule has 0 saturated heterocycles. The summed E-state index contributed by atoms with van der Waals surface area (Å²) in [6, 6.07) is 68.8. The molecule has 0 atom stereocenters. The van der Waals surface area contributed by atoms with E-state index in [0.29, 0.717) is 0 Å². The van der Waals surface area contributed by atoms with Crippen molar-refractivity contribution in [3.05, 3.63) is 266 Å². The summed E-state index contributed by atoms with van der Waals surface area (Å²) in [5, 5.41) is 7.04. The molecule has 7 aliphatic rings. The fraction of sp³-hybridized carbons (Fsp3) is 0.104. The van der Waals surface area contributed by atoms with Crippen LogP contribution in [0.5, 0.6) is 0 Å². The third-order valence-corrected chi connectivity index (χ3v) is 17.8. The summed E-state index contributed by atoms with van der Waals surface area (Å²) in [7, 11) is 0. The summed E-state index contributed by atoms with van der Waals surface area (Å²) in [6.07, 6.45) is 0. The lowest BCUT2D eigenvalue weighted by atomic mass is 9.72. The van der Waals surface area contributed by atoms with E-state index in [9.17, 15) is 0 Å². The van der Waals surface area contributed by atoms with Crippen LogP contribution in [-0.4, -0.2) is 16.0 Å². The Morgan fingerprint density at radius 1 is 0.343 bits per heavy atom. The topological polar surface area (TPSA) is 38.5 Å². The number of Topliss-reactive ketones (excluding diaryl/α,β-unsaturated/α-hetero) is 2. The highest BCUT2D eigenvalue weighted by Gasteiger charge is 2.45. The largest absolute Gasteiger partial charge is 0.308 e. The lowest BCUT2D eigenvalue weighted by Crippen LogP contribution is -2.19. The van der Waals surface area contributed by atoms with Crippen LogP contribution in [0.15, 0.2) is 188 Å². The van der Waals surface area contributed by atoms with E-state index in [-0.39, 0.29) is 40.7 Å². The minimum absolute atomic E-state index is 0.0811. The maximum absolute atomic E-state index is 15.4. The average molecular weight is 892 g/mol. The van der Waals surface area contributed by atoms with E-state index in [1.165, 1.54) is 60.8 Å². The SMILES string of the molecule is CC1(C)c2ccccc2-c2c1cc(-c1cc3c4cc5c(cc4n4c6cc7c(cc6c(c1)c34)C1c3ccccc3C(C7=O)c3ccccc31)C(=O)C1c3ccccc3C5c3ccccc31)c1ccccc21. The number of carbonyl (C=O) groups excluding carboxylic acids is 2. The van der Waals surface area contributed by atoms with Crippen molar-refractivity contribution in [2.75, 3.05) is 0 Å². The Labute approximate surface area is 403 Å². The molecule has 0 spiro atoms. The van der Waals surface area contributed by atoms with Crippen molar-refractivity contribution in [3.8, 4) is 22.3 Å². The van der Waals surface area contributed by atoms with Gasteiger partial charge in [0.15, 0.2) is 11.6 Å². The van der Waals surface area contributed by atoms with Gasteiger partial charge in [-0.15, -0.1) is 0 Å². The van der Waals surface area contributed by atoms with Gasteiger partial charge in [-0.25, -0.2) is 0 Å². The van der Waals surface area contributed by atoms with Crippen molar-refractivity contribution in [1.29, 1.82) is 0 Å². The molecule has 326 valence electrons. The van der Waals surface area contributed by atoms with Crippen molar-refractivity contribution in [1.82, 2.24) is 4.40 Å². The maximum Gasteiger partial charge on any atom is 0.175 e. The van der Waals surface area contributed by atoms with E-state index in [0.717, 1.165) is 88.2 Å². The monoisotopic (exact) mass is 891 g/mol. The number of rotatable bonds is 1. The Morgan fingerprint density at radius 2 is 0.757 bits per heavy atom. The molecule has 2 aromatic heterocycles. The van der Waals surface area contributed by atoms with Gasteiger partial charge in [0.1, 0.15) is 0 Å². The molecule has 0 unspecified atom stereocenters. The first kappa shape index (κ1) is 37.6. The van der Waals surface area contributed by atoms with Crippen molar-refractivity contribution >= 4 is 60.4 Å². The summed E-state index contributed by atoms with van der Waals surface area (Å²) in [4.78, 5) is 30.9. The van der Waals surface area contributed by atoms with Gasteiger partial charge in [0.25, 0.3) is 0 Å². The van der Waals surface area contributed by atoms with Gasteiger partial charge in [-0.1, -0.05) is 159 Å². The second-order valence-electron chi connectivity index (χ2n) is 21.2. The van der Waals surface area contributed by atoms with Crippen LogP contribution in [0.4, 0.5) is 0 Å². The van der Waals surface area contributed by atoms with Gasteiger partial charge in [0.2, 0.25) is 0 Å². The average Bonchev–Trinajstić information content (AvgIpc) is 3.87. The van der Waals surface area contributed by atoms with Crippen molar-refractivity contribution in [3.63, 3.8) is 0 Å². The summed E-state index contributed by atoms with van der Waals surface area (Å²) in [6.45, 7) is 4.74. The molecule has 19 rings (SSSR count). The standard InChI is InChI=1S/C67H41NO2/c1-67(2)55-26-14-13-25-45(55)61-36-16-4-3-15-35(36)46(31-56(61)67)34-27-51-47-29-49-53(65(69)62-41-21-9-5-17-37(41)59(49)38-18-6-10-22-42(38)62)32-57(47)68-58-33-54-50(30-48(58)52(28-34)64(51)68)60-39-19-7-11-23-43(39)63(66(54)70)44-24-12-8-20-40(44)60/h3-33,59-60,62-63H,1-2H3. The Hall–Kier alpha value is -8.40. The van der Waals surface area contributed by atoms with Gasteiger partial charge in [0, 0.05) is 49.9 Å². The third kappa shape index (κ3) is 4.32. The Bertz CT molecular complexity index is 4160. The minimum atomic E-state index is -0.379. The predicted octanol–water partition coefficient (Wildman–Crippen LogP) is 15.6. The molecule has 0 fully saturated rings. The quantitative estimate of drug-likeness (QED) is 0.165. The first-order valence-electron chi connectivity index (χ1n) is 24.8. The van der Waals surface area contributed by atoms with E-state index in [1.54, 1.807) is 0 Å². The van der Waals surface area contributed by atoms with E-state index in [4.69, 9.17) is 0 Å². The van der Waals surface area contributed by atoms with Crippen LogP contribution < -0.4 is 0 Å². The molecule has 0 N–H and O–H groups in total. The number of fused-ring (bicyclic) bond motifs is 11. The summed E-state index contributed by atoms with van der Waals surface area (Å²) < 4.78 is 2.40. The van der Waals surface area contributed by atoms with Gasteiger partial charge in [-0.3, -0.25) is 9.59 Å². The van der Waals surface area contributed by atoms with Gasteiger partial charge in [-0.05, 0) is 142 Å². The molecule has 0 radical (unpaired) electrons. The highest BCUT2D eigenvalue weighted by molar-refractivity contribution is 6.27. The number of nitrogens with zero attached hydrogens (tertiary/aromatic N) is 1. The lowest BCUT2D eigenvalue weighted by molar-refractivity contribution is 0.0966. The third-order valence-electron chi connectivity index (χ3n) is 17.8. The second kappa shape index (κ2) is 12.6. The van der Waals surface area contributed by atoms with E-state index < -0.39 is 0 Å². The molecule has 3 nitrogen and oxygen atoms in total. The van der Waals surface area contributed by atoms with Crippen LogP contribution in [0.25, 0.3) is 71.1 Å². The van der Waals surface area contributed by atoms with Crippen molar-refractivity contribution in [2.45, 2.75) is 42.9 Å². The van der Waals surface area contributed by atoms with Gasteiger partial charge in [0.05, 0.1) is 28.4 Å². The molecule has 3 heteroatoms. The number of hydrogen-bond acceptors (Lipinski definition) is 2.